The first-order valence-corrected chi connectivity index (χ1v) is 11.7. The predicted molar refractivity (Wildman–Crippen MR) is 124 cm³/mol. The van der Waals surface area contributed by atoms with Crippen molar-refractivity contribution in [1.82, 2.24) is 15.2 Å². The standard InChI is InChI=1S/C24H33N3O3S/c1-14(24(4,5)6)23(30)27-12-19(28)11-20(27)22(29)26-15(2)17-7-9-18(10-8-17)21-16(3)25-13-31-21/h7-10,13-15,19-20,28H,11-12H2,1-6H3,(H,26,29)/t14?,15-,19+,20-/m0/s1. The minimum atomic E-state index is -0.677. The second kappa shape index (κ2) is 9.09. The highest BCUT2D eigenvalue weighted by atomic mass is 32.1. The van der Waals surface area contributed by atoms with Gasteiger partial charge in [-0.05, 0) is 30.4 Å². The number of aromatic nitrogens is 1. The van der Waals surface area contributed by atoms with Gasteiger partial charge in [0.25, 0.3) is 0 Å². The van der Waals surface area contributed by atoms with Crippen LogP contribution >= 0.6 is 11.3 Å². The number of nitrogens with zero attached hydrogens (tertiary/aromatic N) is 2. The van der Waals surface area contributed by atoms with Crippen LogP contribution < -0.4 is 5.32 Å². The van der Waals surface area contributed by atoms with E-state index in [1.54, 1.807) is 16.2 Å². The fourth-order valence-electron chi connectivity index (χ4n) is 3.82. The summed E-state index contributed by atoms with van der Waals surface area (Å²) in [5, 5.41) is 13.2. The third kappa shape index (κ3) is 5.15. The van der Waals surface area contributed by atoms with E-state index >= 15 is 0 Å². The number of β-amino-alcohol motifs (C(OH)–C–C–N with tert-alkyl or cyclic N) is 1. The number of rotatable bonds is 5. The maximum Gasteiger partial charge on any atom is 0.243 e. The number of likely N-dealkylation sites (tertiary alicyclic amines) is 1. The summed E-state index contributed by atoms with van der Waals surface area (Å²) in [7, 11) is 0. The molecule has 1 fully saturated rings. The van der Waals surface area contributed by atoms with Gasteiger partial charge in [-0.1, -0.05) is 52.0 Å². The number of aliphatic hydroxyl groups excluding tert-OH is 1. The van der Waals surface area contributed by atoms with Crippen molar-refractivity contribution in [2.45, 2.75) is 66.2 Å². The minimum Gasteiger partial charge on any atom is -0.391 e. The van der Waals surface area contributed by atoms with Crippen molar-refractivity contribution in [3.8, 4) is 10.4 Å². The molecule has 1 aromatic carbocycles. The molecule has 2 N–H and O–H groups in total. The van der Waals surface area contributed by atoms with Crippen LogP contribution in [-0.4, -0.2) is 45.5 Å². The topological polar surface area (TPSA) is 82.5 Å². The zero-order valence-corrected chi connectivity index (χ0v) is 20.0. The van der Waals surface area contributed by atoms with E-state index in [9.17, 15) is 14.7 Å². The molecular weight excluding hydrogens is 410 g/mol. The Kier molecular flexibility index (Phi) is 6.86. The molecule has 0 bridgehead atoms. The van der Waals surface area contributed by atoms with Crippen molar-refractivity contribution < 1.29 is 14.7 Å². The number of aliphatic hydroxyl groups is 1. The zero-order valence-electron chi connectivity index (χ0n) is 19.2. The molecule has 7 heteroatoms. The zero-order chi connectivity index (χ0) is 22.9. The molecule has 3 rings (SSSR count). The number of hydrogen-bond donors (Lipinski definition) is 2. The maximum atomic E-state index is 13.0. The second-order valence-corrected chi connectivity index (χ2v) is 10.5. The van der Waals surface area contributed by atoms with E-state index in [1.807, 2.05) is 71.3 Å². The lowest BCUT2D eigenvalue weighted by atomic mass is 9.81. The molecule has 2 heterocycles. The Balaban J connectivity index is 1.69. The lowest BCUT2D eigenvalue weighted by Gasteiger charge is -2.33. The molecule has 0 spiro atoms. The first kappa shape index (κ1) is 23.4. The van der Waals surface area contributed by atoms with Gasteiger partial charge in [0.1, 0.15) is 6.04 Å². The first-order chi connectivity index (χ1) is 14.5. The van der Waals surface area contributed by atoms with Crippen LogP contribution in [0.15, 0.2) is 29.8 Å². The molecule has 168 valence electrons. The SMILES string of the molecule is Cc1ncsc1-c1ccc([C@H](C)NC(=O)[C@@H]2C[C@@H](O)CN2C(=O)C(C)C(C)(C)C)cc1. The molecule has 6 nitrogen and oxygen atoms in total. The second-order valence-electron chi connectivity index (χ2n) is 9.60. The molecule has 1 aliphatic rings. The van der Waals surface area contributed by atoms with Gasteiger partial charge >= 0.3 is 0 Å². The normalized spacial score (nSPS) is 21.1. The van der Waals surface area contributed by atoms with Crippen molar-refractivity contribution >= 4 is 23.2 Å². The maximum absolute atomic E-state index is 13.0. The van der Waals surface area contributed by atoms with E-state index in [2.05, 4.69) is 10.3 Å². The average molecular weight is 444 g/mol. The molecule has 0 saturated carbocycles. The van der Waals surface area contributed by atoms with Gasteiger partial charge in [0.05, 0.1) is 28.2 Å². The highest BCUT2D eigenvalue weighted by molar-refractivity contribution is 7.13. The van der Waals surface area contributed by atoms with Crippen LogP contribution in [0.1, 0.15) is 58.3 Å². The average Bonchev–Trinajstić information content (AvgIpc) is 3.31. The number of nitrogens with one attached hydrogen (secondary N) is 1. The molecule has 31 heavy (non-hydrogen) atoms. The van der Waals surface area contributed by atoms with Gasteiger partial charge in [-0.3, -0.25) is 9.59 Å². The smallest absolute Gasteiger partial charge is 0.243 e. The highest BCUT2D eigenvalue weighted by Crippen LogP contribution is 2.31. The van der Waals surface area contributed by atoms with Gasteiger partial charge < -0.3 is 15.3 Å². The Morgan fingerprint density at radius 1 is 1.23 bits per heavy atom. The van der Waals surface area contributed by atoms with Gasteiger partial charge in [-0.25, -0.2) is 4.98 Å². The first-order valence-electron chi connectivity index (χ1n) is 10.8. The summed E-state index contributed by atoms with van der Waals surface area (Å²) in [5.74, 6) is -0.546. The largest absolute Gasteiger partial charge is 0.391 e. The third-order valence-corrected chi connectivity index (χ3v) is 7.29. The number of amides is 2. The van der Waals surface area contributed by atoms with Crippen LogP contribution in [-0.2, 0) is 9.59 Å². The number of carbonyl (C=O) groups is 2. The third-order valence-electron chi connectivity index (χ3n) is 6.31. The summed E-state index contributed by atoms with van der Waals surface area (Å²) in [6.45, 7) is 12.0. The molecule has 0 aliphatic carbocycles. The molecule has 1 aliphatic heterocycles. The van der Waals surface area contributed by atoms with Crippen LogP contribution in [0.4, 0.5) is 0 Å². The summed E-state index contributed by atoms with van der Waals surface area (Å²) in [6, 6.07) is 7.24. The molecular formula is C24H33N3O3S. The Morgan fingerprint density at radius 3 is 2.42 bits per heavy atom. The van der Waals surface area contributed by atoms with Gasteiger partial charge in [0.2, 0.25) is 11.8 Å². The minimum absolute atomic E-state index is 0.0823. The summed E-state index contributed by atoms with van der Waals surface area (Å²) in [5.41, 5.74) is 4.73. The Morgan fingerprint density at radius 2 is 1.87 bits per heavy atom. The van der Waals surface area contributed by atoms with Crippen molar-refractivity contribution in [1.29, 1.82) is 0 Å². The Hall–Kier alpha value is -2.25. The summed E-state index contributed by atoms with van der Waals surface area (Å²) in [4.78, 5) is 33.0. The Labute approximate surface area is 188 Å². The van der Waals surface area contributed by atoms with Crippen LogP contribution in [0.5, 0.6) is 0 Å². The lowest BCUT2D eigenvalue weighted by Crippen LogP contribution is -2.49. The summed E-state index contributed by atoms with van der Waals surface area (Å²) >= 11 is 1.61. The van der Waals surface area contributed by atoms with Crippen LogP contribution in [0, 0.1) is 18.3 Å². The Bertz CT molecular complexity index is 932. The summed E-state index contributed by atoms with van der Waals surface area (Å²) in [6.07, 6.45) is -0.408. The van der Waals surface area contributed by atoms with Crippen molar-refractivity contribution in [3.63, 3.8) is 0 Å². The number of benzene rings is 1. The number of aryl methyl sites for hydroxylation is 1. The fraction of sp³-hybridized carbons (Fsp3) is 0.542. The van der Waals surface area contributed by atoms with Crippen molar-refractivity contribution in [2.24, 2.45) is 11.3 Å². The van der Waals surface area contributed by atoms with Gasteiger partial charge in [-0.15, -0.1) is 11.3 Å². The van der Waals surface area contributed by atoms with Crippen molar-refractivity contribution in [2.75, 3.05) is 6.54 Å². The molecule has 2 amide bonds. The van der Waals surface area contributed by atoms with E-state index in [1.165, 1.54) is 0 Å². The summed E-state index contributed by atoms with van der Waals surface area (Å²) < 4.78 is 0. The van der Waals surface area contributed by atoms with E-state index in [0.717, 1.165) is 21.7 Å². The quantitative estimate of drug-likeness (QED) is 0.733. The molecule has 2 aromatic rings. The lowest BCUT2D eigenvalue weighted by molar-refractivity contribution is -0.144. The van der Waals surface area contributed by atoms with Crippen LogP contribution in [0.3, 0.4) is 0 Å². The van der Waals surface area contributed by atoms with E-state index in [4.69, 9.17) is 0 Å². The van der Waals surface area contributed by atoms with Crippen LogP contribution in [0.25, 0.3) is 10.4 Å². The number of hydrogen-bond acceptors (Lipinski definition) is 5. The number of carbonyl (C=O) groups excluding carboxylic acids is 2. The molecule has 1 unspecified atom stereocenters. The molecule has 4 atom stereocenters. The van der Waals surface area contributed by atoms with Gasteiger partial charge in [-0.2, -0.15) is 0 Å². The van der Waals surface area contributed by atoms with E-state index in [-0.39, 0.29) is 42.2 Å². The van der Waals surface area contributed by atoms with Crippen molar-refractivity contribution in [3.05, 3.63) is 41.0 Å². The number of thiazole rings is 1. The molecule has 1 saturated heterocycles. The monoisotopic (exact) mass is 443 g/mol. The molecule has 0 radical (unpaired) electrons. The van der Waals surface area contributed by atoms with Gasteiger partial charge in [0.15, 0.2) is 0 Å². The molecule has 1 aromatic heterocycles. The van der Waals surface area contributed by atoms with Crippen LogP contribution in [0.2, 0.25) is 0 Å². The van der Waals surface area contributed by atoms with Gasteiger partial charge in [0, 0.05) is 18.9 Å². The highest BCUT2D eigenvalue weighted by Gasteiger charge is 2.42. The van der Waals surface area contributed by atoms with E-state index < -0.39 is 12.1 Å². The predicted octanol–water partition coefficient (Wildman–Crippen LogP) is 3.94. The fourth-order valence-corrected chi connectivity index (χ4v) is 4.63. The van der Waals surface area contributed by atoms with E-state index in [0.29, 0.717) is 0 Å².